The molecule has 1 saturated carbocycles. The zero-order valence-corrected chi connectivity index (χ0v) is 23.6. The van der Waals surface area contributed by atoms with Crippen molar-refractivity contribution in [3.8, 4) is 28.3 Å². The van der Waals surface area contributed by atoms with Crippen molar-refractivity contribution in [3.63, 3.8) is 0 Å². The lowest BCUT2D eigenvalue weighted by Crippen LogP contribution is -2.18. The predicted molar refractivity (Wildman–Crippen MR) is 157 cm³/mol. The summed E-state index contributed by atoms with van der Waals surface area (Å²) >= 11 is 0. The number of amides is 2. The Hall–Kier alpha value is -4.93. The quantitative estimate of drug-likeness (QED) is 0.245. The number of hydrogen-bond donors (Lipinski definition) is 3. The second kappa shape index (κ2) is 13.6. The Morgan fingerprint density at radius 1 is 0.976 bits per heavy atom. The first-order valence-corrected chi connectivity index (χ1v) is 13.5. The topological polar surface area (TPSA) is 132 Å². The third-order valence-corrected chi connectivity index (χ3v) is 6.87. The number of anilines is 2. The molecule has 0 bridgehead atoms. The van der Waals surface area contributed by atoms with Gasteiger partial charge in [0.15, 0.2) is 5.82 Å². The van der Waals surface area contributed by atoms with Crippen LogP contribution >= 0.6 is 0 Å². The first-order chi connectivity index (χ1) is 20.2. The average Bonchev–Trinajstić information content (AvgIpc) is 3.49. The molecule has 0 atom stereocenters. The van der Waals surface area contributed by atoms with Crippen LogP contribution in [0.3, 0.4) is 0 Å². The molecule has 2 aromatic carbocycles. The molecular weight excluding hydrogens is 542 g/mol. The van der Waals surface area contributed by atoms with Gasteiger partial charge in [0.2, 0.25) is 0 Å². The number of nitrogen functional groups attached to an aromatic ring is 1. The van der Waals surface area contributed by atoms with Gasteiger partial charge in [0.25, 0.3) is 11.8 Å². The van der Waals surface area contributed by atoms with Gasteiger partial charge in [0, 0.05) is 36.6 Å². The summed E-state index contributed by atoms with van der Waals surface area (Å²) < 4.78 is 34.5. The normalized spacial score (nSPS) is 12.7. The molecule has 2 heterocycles. The van der Waals surface area contributed by atoms with E-state index in [1.54, 1.807) is 6.07 Å². The Bertz CT molecular complexity index is 1570. The summed E-state index contributed by atoms with van der Waals surface area (Å²) in [6.07, 6.45) is 8.59. The van der Waals surface area contributed by atoms with Gasteiger partial charge in [-0.15, -0.1) is 0 Å². The van der Waals surface area contributed by atoms with Gasteiger partial charge >= 0.3 is 0 Å². The van der Waals surface area contributed by atoms with E-state index < -0.39 is 17.5 Å². The fourth-order valence-electron chi connectivity index (χ4n) is 4.55. The number of methoxy groups -OCH3 is 1. The Labute approximate surface area is 242 Å². The summed E-state index contributed by atoms with van der Waals surface area (Å²) in [5, 5.41) is 4.96. The largest absolute Gasteiger partial charge is 0.496 e. The summed E-state index contributed by atoms with van der Waals surface area (Å²) in [7, 11) is 2.85. The van der Waals surface area contributed by atoms with Crippen LogP contribution in [0.1, 0.15) is 53.6 Å². The lowest BCUT2D eigenvalue weighted by molar-refractivity contribution is 0.0957. The summed E-state index contributed by atoms with van der Waals surface area (Å²) in [6.45, 7) is 2.34. The fourth-order valence-corrected chi connectivity index (χ4v) is 4.55. The molecule has 0 unspecified atom stereocenters. The van der Waals surface area contributed by atoms with Crippen LogP contribution in [0.4, 0.5) is 20.2 Å². The third-order valence-electron chi connectivity index (χ3n) is 6.87. The monoisotopic (exact) mass is 574 g/mol. The van der Waals surface area contributed by atoms with Crippen LogP contribution in [0, 0.1) is 17.6 Å². The van der Waals surface area contributed by atoms with Crippen molar-refractivity contribution in [2.45, 2.75) is 32.6 Å². The smallest absolute Gasteiger partial charge is 0.274 e. The maximum atomic E-state index is 14.9. The fraction of sp³-hybridized carbons (Fsp3) is 0.258. The predicted octanol–water partition coefficient (Wildman–Crippen LogP) is 5.88. The molecule has 0 radical (unpaired) electrons. The lowest BCUT2D eigenvalue weighted by Gasteiger charge is -2.12. The lowest BCUT2D eigenvalue weighted by atomic mass is 10.0. The van der Waals surface area contributed by atoms with Gasteiger partial charge in [-0.25, -0.2) is 18.7 Å². The van der Waals surface area contributed by atoms with Gasteiger partial charge in [-0.2, -0.15) is 0 Å². The molecule has 1 fully saturated rings. The molecule has 2 aromatic heterocycles. The molecule has 9 nitrogen and oxygen atoms in total. The number of halogens is 2. The van der Waals surface area contributed by atoms with E-state index in [0.29, 0.717) is 5.56 Å². The van der Waals surface area contributed by atoms with Crippen LogP contribution in [-0.4, -0.2) is 40.9 Å². The maximum absolute atomic E-state index is 14.9. The maximum Gasteiger partial charge on any atom is 0.274 e. The summed E-state index contributed by atoms with van der Waals surface area (Å²) in [4.78, 5) is 36.7. The summed E-state index contributed by atoms with van der Waals surface area (Å²) in [6, 6.07) is 11.0. The van der Waals surface area contributed by atoms with Gasteiger partial charge in [0.1, 0.15) is 28.8 Å². The first-order valence-electron chi connectivity index (χ1n) is 13.5. The zero-order valence-electron chi connectivity index (χ0n) is 23.6. The number of benzene rings is 2. The highest BCUT2D eigenvalue weighted by Crippen LogP contribution is 2.32. The number of nitrogens with two attached hydrogens (primary N) is 1. The van der Waals surface area contributed by atoms with Crippen molar-refractivity contribution >= 4 is 23.2 Å². The van der Waals surface area contributed by atoms with Gasteiger partial charge in [-0.1, -0.05) is 44.7 Å². The highest BCUT2D eigenvalue weighted by molar-refractivity contribution is 6.05. The van der Waals surface area contributed by atoms with Crippen LogP contribution in [0.15, 0.2) is 60.9 Å². The van der Waals surface area contributed by atoms with Crippen molar-refractivity contribution in [2.24, 2.45) is 5.92 Å². The third kappa shape index (κ3) is 7.03. The molecule has 2 amide bonds. The molecule has 1 aliphatic rings. The van der Waals surface area contributed by atoms with Gasteiger partial charge in [-0.05, 0) is 36.2 Å². The first kappa shape index (κ1) is 30.0. The van der Waals surface area contributed by atoms with Crippen LogP contribution in [0.5, 0.6) is 5.75 Å². The number of carbonyl (C=O) groups excluding carboxylic acids is 2. The van der Waals surface area contributed by atoms with E-state index in [9.17, 15) is 18.4 Å². The van der Waals surface area contributed by atoms with E-state index in [0.717, 1.165) is 12.0 Å². The molecule has 0 spiro atoms. The molecular formula is C31H32F2N6O3. The number of aromatic nitrogens is 3. The molecule has 42 heavy (non-hydrogen) atoms. The second-order valence-electron chi connectivity index (χ2n) is 9.86. The SMILES string of the molecule is CC1CCCC1.CNC(=O)c1ccc(-c2cc(N)c(NC(=O)c3ccnc(-c4c(F)cccc4OC)n3)cc2F)cn1. The standard InChI is InChI=1S/C25H20F2N6O3.C6H12/c1-29-24(34)18-7-6-13(12-31-18)14-10-17(28)20(11-16(14)27)33-25(35)19-8-9-30-23(32-19)22-15(26)4-3-5-21(22)36-2;1-6-4-2-3-5-6/h3-12H,28H2,1-2H3,(H,29,34)(H,33,35);6H,2-5H2,1H3. The van der Waals surface area contributed by atoms with Crippen molar-refractivity contribution in [1.82, 2.24) is 20.3 Å². The van der Waals surface area contributed by atoms with E-state index in [1.165, 1.54) is 88.6 Å². The minimum absolute atomic E-state index is 0.000562. The number of rotatable bonds is 6. The van der Waals surface area contributed by atoms with Crippen molar-refractivity contribution < 1.29 is 23.1 Å². The number of ether oxygens (including phenoxy) is 1. The summed E-state index contributed by atoms with van der Waals surface area (Å²) in [5.41, 5.74) is 6.78. The second-order valence-corrected chi connectivity index (χ2v) is 9.86. The Morgan fingerprint density at radius 3 is 2.36 bits per heavy atom. The molecule has 1 aliphatic carbocycles. The summed E-state index contributed by atoms with van der Waals surface area (Å²) in [5.74, 6) is -1.18. The molecule has 4 N–H and O–H groups in total. The molecule has 11 heteroatoms. The van der Waals surface area contributed by atoms with Crippen LogP contribution in [0.25, 0.3) is 22.5 Å². The molecule has 0 aliphatic heterocycles. The van der Waals surface area contributed by atoms with E-state index in [4.69, 9.17) is 10.5 Å². The minimum Gasteiger partial charge on any atom is -0.496 e. The van der Waals surface area contributed by atoms with Crippen molar-refractivity contribution in [2.75, 3.05) is 25.2 Å². The van der Waals surface area contributed by atoms with Crippen molar-refractivity contribution in [1.29, 1.82) is 0 Å². The number of carbonyl (C=O) groups is 2. The molecule has 5 rings (SSSR count). The molecule has 0 saturated heterocycles. The molecule has 218 valence electrons. The number of nitrogens with one attached hydrogen (secondary N) is 2. The Balaban J connectivity index is 0.000000600. The van der Waals surface area contributed by atoms with Crippen LogP contribution in [-0.2, 0) is 0 Å². The average molecular weight is 575 g/mol. The van der Waals surface area contributed by atoms with E-state index in [-0.39, 0.29) is 51.4 Å². The van der Waals surface area contributed by atoms with Gasteiger partial charge in [0.05, 0.1) is 24.0 Å². The minimum atomic E-state index is -0.704. The zero-order chi connectivity index (χ0) is 30.2. The highest BCUT2D eigenvalue weighted by Gasteiger charge is 2.19. The van der Waals surface area contributed by atoms with Crippen LogP contribution < -0.4 is 21.1 Å². The van der Waals surface area contributed by atoms with E-state index >= 15 is 0 Å². The van der Waals surface area contributed by atoms with E-state index in [2.05, 4.69) is 32.5 Å². The van der Waals surface area contributed by atoms with E-state index in [1.807, 2.05) is 0 Å². The van der Waals surface area contributed by atoms with Crippen molar-refractivity contribution in [3.05, 3.63) is 83.9 Å². The highest BCUT2D eigenvalue weighted by atomic mass is 19.1. The van der Waals surface area contributed by atoms with Gasteiger partial charge in [-0.3, -0.25) is 14.6 Å². The number of pyridine rings is 1. The van der Waals surface area contributed by atoms with Gasteiger partial charge < -0.3 is 21.1 Å². The number of hydrogen-bond acceptors (Lipinski definition) is 7. The Morgan fingerprint density at radius 2 is 1.74 bits per heavy atom. The Kier molecular flexibility index (Phi) is 9.74. The molecule has 4 aromatic rings. The van der Waals surface area contributed by atoms with Crippen LogP contribution in [0.2, 0.25) is 0 Å². The number of nitrogens with zero attached hydrogens (tertiary/aromatic N) is 3.